The molecule has 17 heavy (non-hydrogen) atoms. The smallest absolute Gasteiger partial charge is 0.239 e. The highest BCUT2D eigenvalue weighted by Gasteiger charge is 2.33. The zero-order chi connectivity index (χ0) is 12.4. The first-order valence-electron chi connectivity index (χ1n) is 5.89. The second-order valence-corrected chi connectivity index (χ2v) is 5.43. The number of amides is 1. The number of hydrogen-bond acceptors (Lipinski definition) is 2. The van der Waals surface area contributed by atoms with Crippen LogP contribution in [0.25, 0.3) is 0 Å². The van der Waals surface area contributed by atoms with Gasteiger partial charge in [-0.3, -0.25) is 4.79 Å². The summed E-state index contributed by atoms with van der Waals surface area (Å²) < 4.78 is 1.04. The van der Waals surface area contributed by atoms with Crippen LogP contribution >= 0.6 is 15.9 Å². The van der Waals surface area contributed by atoms with Gasteiger partial charge in [0.25, 0.3) is 0 Å². The van der Waals surface area contributed by atoms with E-state index in [-0.39, 0.29) is 5.91 Å². The van der Waals surface area contributed by atoms with Crippen LogP contribution in [-0.2, 0) is 11.3 Å². The summed E-state index contributed by atoms with van der Waals surface area (Å²) in [7, 11) is 0. The summed E-state index contributed by atoms with van der Waals surface area (Å²) in [5.41, 5.74) is 6.82. The van der Waals surface area contributed by atoms with Gasteiger partial charge in [-0.05, 0) is 31.4 Å². The maximum Gasteiger partial charge on any atom is 0.239 e. The van der Waals surface area contributed by atoms with Crippen LogP contribution in [-0.4, -0.2) is 22.9 Å². The molecule has 3 nitrogen and oxygen atoms in total. The van der Waals surface area contributed by atoms with Crippen molar-refractivity contribution in [2.45, 2.75) is 38.4 Å². The van der Waals surface area contributed by atoms with E-state index in [2.05, 4.69) is 15.9 Å². The second kappa shape index (κ2) is 5.19. The Morgan fingerprint density at radius 3 is 2.71 bits per heavy atom. The normalized spacial score (nSPS) is 16.6. The zero-order valence-electron chi connectivity index (χ0n) is 9.90. The van der Waals surface area contributed by atoms with Crippen molar-refractivity contribution in [2.75, 3.05) is 0 Å². The molecule has 1 atom stereocenters. The van der Waals surface area contributed by atoms with Crippen molar-refractivity contribution in [3.05, 3.63) is 34.3 Å². The molecule has 1 amide bonds. The van der Waals surface area contributed by atoms with E-state index in [4.69, 9.17) is 5.73 Å². The van der Waals surface area contributed by atoms with Crippen LogP contribution in [0.4, 0.5) is 0 Å². The fourth-order valence-corrected chi connectivity index (χ4v) is 2.26. The number of rotatable bonds is 4. The van der Waals surface area contributed by atoms with Gasteiger partial charge in [0.1, 0.15) is 0 Å². The Kier molecular flexibility index (Phi) is 3.84. The average molecular weight is 297 g/mol. The van der Waals surface area contributed by atoms with Crippen LogP contribution in [0, 0.1) is 0 Å². The van der Waals surface area contributed by atoms with Crippen molar-refractivity contribution in [2.24, 2.45) is 5.73 Å². The van der Waals surface area contributed by atoms with Crippen molar-refractivity contribution >= 4 is 21.8 Å². The maximum atomic E-state index is 12.0. The van der Waals surface area contributed by atoms with Crippen LogP contribution in [0.15, 0.2) is 28.7 Å². The van der Waals surface area contributed by atoms with E-state index in [9.17, 15) is 4.79 Å². The Hall–Kier alpha value is -0.870. The molecule has 0 radical (unpaired) electrons. The molecule has 1 saturated carbocycles. The van der Waals surface area contributed by atoms with Gasteiger partial charge in [-0.25, -0.2) is 0 Å². The van der Waals surface area contributed by atoms with Crippen LogP contribution in [0.2, 0.25) is 0 Å². The summed E-state index contributed by atoms with van der Waals surface area (Å²) in [6, 6.07) is 7.97. The van der Waals surface area contributed by atoms with Gasteiger partial charge in [-0.1, -0.05) is 34.1 Å². The third-order valence-electron chi connectivity index (χ3n) is 2.96. The average Bonchev–Trinajstić information content (AvgIpc) is 3.11. The Bertz CT molecular complexity index is 416. The first-order valence-corrected chi connectivity index (χ1v) is 6.68. The molecule has 0 bridgehead atoms. The van der Waals surface area contributed by atoms with Crippen molar-refractivity contribution in [1.82, 2.24) is 4.90 Å². The summed E-state index contributed by atoms with van der Waals surface area (Å²) in [4.78, 5) is 13.9. The molecule has 0 aromatic heterocycles. The Labute approximate surface area is 110 Å². The fraction of sp³-hybridized carbons (Fsp3) is 0.462. The minimum atomic E-state index is -0.418. The molecular weight excluding hydrogens is 280 g/mol. The third kappa shape index (κ3) is 3.07. The lowest BCUT2D eigenvalue weighted by atomic mass is 10.2. The molecule has 0 aliphatic heterocycles. The van der Waals surface area contributed by atoms with Crippen molar-refractivity contribution in [3.63, 3.8) is 0 Å². The molecule has 2 rings (SSSR count). The largest absolute Gasteiger partial charge is 0.334 e. The van der Waals surface area contributed by atoms with Gasteiger partial charge < -0.3 is 10.6 Å². The standard InChI is InChI=1S/C13H17BrN2O/c1-9(15)13(17)16(11-6-7-11)8-10-4-2-3-5-12(10)14/h2-5,9,11H,6-8,15H2,1H3/t9-/m0/s1. The van der Waals surface area contributed by atoms with Gasteiger partial charge in [-0.15, -0.1) is 0 Å². The third-order valence-corrected chi connectivity index (χ3v) is 3.73. The molecule has 0 heterocycles. The first kappa shape index (κ1) is 12.6. The highest BCUT2D eigenvalue weighted by atomic mass is 79.9. The highest BCUT2D eigenvalue weighted by Crippen LogP contribution is 2.30. The number of benzene rings is 1. The molecule has 1 aromatic rings. The fourth-order valence-electron chi connectivity index (χ4n) is 1.84. The van der Waals surface area contributed by atoms with Crippen molar-refractivity contribution in [3.8, 4) is 0 Å². The van der Waals surface area contributed by atoms with Gasteiger partial charge in [0.15, 0.2) is 0 Å². The van der Waals surface area contributed by atoms with E-state index in [1.165, 1.54) is 0 Å². The van der Waals surface area contributed by atoms with E-state index < -0.39 is 6.04 Å². The molecule has 4 heteroatoms. The molecule has 1 aromatic carbocycles. The van der Waals surface area contributed by atoms with E-state index in [0.29, 0.717) is 12.6 Å². The number of carbonyl (C=O) groups excluding carboxylic acids is 1. The summed E-state index contributed by atoms with van der Waals surface area (Å²) in [6.07, 6.45) is 2.20. The van der Waals surface area contributed by atoms with E-state index in [0.717, 1.165) is 22.9 Å². The number of halogens is 1. The molecule has 0 saturated heterocycles. The molecule has 1 fully saturated rings. The summed E-state index contributed by atoms with van der Waals surface area (Å²) in [6.45, 7) is 2.39. The molecular formula is C13H17BrN2O. The summed E-state index contributed by atoms with van der Waals surface area (Å²) >= 11 is 3.51. The first-order chi connectivity index (χ1) is 8.09. The monoisotopic (exact) mass is 296 g/mol. The Morgan fingerprint density at radius 2 is 2.18 bits per heavy atom. The Morgan fingerprint density at radius 1 is 1.53 bits per heavy atom. The highest BCUT2D eigenvalue weighted by molar-refractivity contribution is 9.10. The van der Waals surface area contributed by atoms with Crippen molar-refractivity contribution < 1.29 is 4.79 Å². The molecule has 1 aliphatic rings. The topological polar surface area (TPSA) is 46.3 Å². The zero-order valence-corrected chi connectivity index (χ0v) is 11.5. The molecule has 2 N–H and O–H groups in total. The lowest BCUT2D eigenvalue weighted by Gasteiger charge is -2.24. The number of hydrogen-bond donors (Lipinski definition) is 1. The van der Waals surface area contributed by atoms with Gasteiger partial charge in [0, 0.05) is 17.1 Å². The predicted octanol–water partition coefficient (Wildman–Crippen LogP) is 2.29. The van der Waals surface area contributed by atoms with Crippen molar-refractivity contribution in [1.29, 1.82) is 0 Å². The predicted molar refractivity (Wildman–Crippen MR) is 71.4 cm³/mol. The molecule has 92 valence electrons. The van der Waals surface area contributed by atoms with Crippen LogP contribution < -0.4 is 5.73 Å². The second-order valence-electron chi connectivity index (χ2n) is 4.58. The van der Waals surface area contributed by atoms with Gasteiger partial charge in [0.05, 0.1) is 6.04 Å². The molecule has 0 unspecified atom stereocenters. The lowest BCUT2D eigenvalue weighted by molar-refractivity contribution is -0.133. The summed E-state index contributed by atoms with van der Waals surface area (Å²) in [5, 5.41) is 0. The molecule has 0 spiro atoms. The van der Waals surface area contributed by atoms with E-state index in [1.54, 1.807) is 6.92 Å². The number of nitrogens with zero attached hydrogens (tertiary/aromatic N) is 1. The SMILES string of the molecule is C[C@H](N)C(=O)N(Cc1ccccc1Br)C1CC1. The molecule has 1 aliphatic carbocycles. The van der Waals surface area contributed by atoms with Gasteiger partial charge in [0.2, 0.25) is 5.91 Å². The minimum absolute atomic E-state index is 0.0447. The van der Waals surface area contributed by atoms with E-state index >= 15 is 0 Å². The minimum Gasteiger partial charge on any atom is -0.334 e. The quantitative estimate of drug-likeness (QED) is 0.927. The van der Waals surface area contributed by atoms with Crippen LogP contribution in [0.1, 0.15) is 25.3 Å². The van der Waals surface area contributed by atoms with E-state index in [1.807, 2.05) is 29.2 Å². The maximum absolute atomic E-state index is 12.0. The van der Waals surface area contributed by atoms with Gasteiger partial charge >= 0.3 is 0 Å². The van der Waals surface area contributed by atoms with Gasteiger partial charge in [-0.2, -0.15) is 0 Å². The van der Waals surface area contributed by atoms with Crippen LogP contribution in [0.5, 0.6) is 0 Å². The summed E-state index contributed by atoms with van der Waals surface area (Å²) in [5.74, 6) is 0.0447. The Balaban J connectivity index is 2.13. The van der Waals surface area contributed by atoms with Crippen LogP contribution in [0.3, 0.4) is 0 Å². The number of nitrogens with two attached hydrogens (primary N) is 1. The lowest BCUT2D eigenvalue weighted by Crippen LogP contribution is -2.42. The number of carbonyl (C=O) groups is 1.